The quantitative estimate of drug-likeness (QED) is 0.589. The monoisotopic (exact) mass is 498 g/mol. The normalized spacial score (nSPS) is 26.3. The van der Waals surface area contributed by atoms with Crippen molar-refractivity contribution in [2.45, 2.75) is 50.4 Å². The number of likely N-dealkylation sites (tertiary alicyclic amines) is 1. The highest BCUT2D eigenvalue weighted by Gasteiger charge is 2.58. The number of sulfonamides is 1. The maximum absolute atomic E-state index is 15.5. The molecule has 2 aromatic carbocycles. The molecule has 1 heterocycles. The largest absolute Gasteiger partial charge is 0.331 e. The summed E-state index contributed by atoms with van der Waals surface area (Å²) in [5.41, 5.74) is 0.948. The maximum atomic E-state index is 15.5. The Hall–Kier alpha value is -2.46. The summed E-state index contributed by atoms with van der Waals surface area (Å²) in [5, 5.41) is 0. The summed E-state index contributed by atoms with van der Waals surface area (Å²) in [4.78, 5) is 13.9. The lowest BCUT2D eigenvalue weighted by molar-refractivity contribution is -0.142. The van der Waals surface area contributed by atoms with Crippen LogP contribution in [0.15, 0.2) is 48.5 Å². The molecule has 1 N–H and O–H groups in total. The number of carbonyl (C=O) groups excluding carboxylic acids is 1. The van der Waals surface area contributed by atoms with Gasteiger partial charge >= 0.3 is 0 Å². The van der Waals surface area contributed by atoms with E-state index in [1.54, 1.807) is 42.5 Å². The summed E-state index contributed by atoms with van der Waals surface area (Å²) in [5.74, 6) is -6.02. The van der Waals surface area contributed by atoms with Crippen LogP contribution in [0.4, 0.5) is 17.6 Å². The van der Waals surface area contributed by atoms with Crippen molar-refractivity contribution in [2.24, 2.45) is 5.92 Å². The van der Waals surface area contributed by atoms with Gasteiger partial charge in [0.2, 0.25) is 15.9 Å². The second kappa shape index (κ2) is 9.30. The van der Waals surface area contributed by atoms with Crippen LogP contribution in [0.1, 0.15) is 25.3 Å². The molecule has 1 saturated heterocycles. The highest BCUT2D eigenvalue weighted by Crippen LogP contribution is 2.40. The first kappa shape index (κ1) is 24.7. The van der Waals surface area contributed by atoms with E-state index in [4.69, 9.17) is 0 Å². The van der Waals surface area contributed by atoms with E-state index < -0.39 is 64.1 Å². The zero-order chi connectivity index (χ0) is 24.7. The molecule has 5 nitrogen and oxygen atoms in total. The molecule has 10 heteroatoms. The van der Waals surface area contributed by atoms with Crippen LogP contribution >= 0.6 is 0 Å². The van der Waals surface area contributed by atoms with Crippen molar-refractivity contribution < 1.29 is 30.8 Å². The van der Waals surface area contributed by atoms with Gasteiger partial charge in [0.15, 0.2) is 0 Å². The zero-order valence-electron chi connectivity index (χ0n) is 18.6. The van der Waals surface area contributed by atoms with Crippen molar-refractivity contribution in [3.05, 3.63) is 59.9 Å². The number of rotatable bonds is 7. The number of benzene rings is 2. The van der Waals surface area contributed by atoms with Crippen molar-refractivity contribution in [1.29, 1.82) is 0 Å². The first-order valence-electron chi connectivity index (χ1n) is 11.2. The molecule has 1 amide bonds. The second-order valence-corrected chi connectivity index (χ2v) is 11.0. The summed E-state index contributed by atoms with van der Waals surface area (Å²) < 4.78 is 85.4. The van der Waals surface area contributed by atoms with Gasteiger partial charge in [-0.3, -0.25) is 4.79 Å². The lowest BCUT2D eigenvalue weighted by atomic mass is 9.82. The van der Waals surface area contributed by atoms with Crippen LogP contribution in [0.5, 0.6) is 0 Å². The van der Waals surface area contributed by atoms with E-state index in [1.165, 1.54) is 13.0 Å². The Morgan fingerprint density at radius 2 is 1.79 bits per heavy atom. The molecular weight excluding hydrogens is 472 g/mol. The molecule has 2 fully saturated rings. The Balaban J connectivity index is 1.70. The van der Waals surface area contributed by atoms with E-state index >= 15 is 13.2 Å². The minimum Gasteiger partial charge on any atom is -0.331 e. The van der Waals surface area contributed by atoms with Crippen LogP contribution in [0, 0.1) is 11.7 Å². The zero-order valence-corrected chi connectivity index (χ0v) is 19.4. The van der Waals surface area contributed by atoms with Crippen LogP contribution in [-0.2, 0) is 21.2 Å². The Labute approximate surface area is 196 Å². The molecule has 184 valence electrons. The van der Waals surface area contributed by atoms with Gasteiger partial charge < -0.3 is 4.90 Å². The number of halogens is 4. The number of amides is 1. The van der Waals surface area contributed by atoms with Crippen molar-refractivity contribution in [3.8, 4) is 11.1 Å². The topological polar surface area (TPSA) is 66.5 Å². The van der Waals surface area contributed by atoms with Crippen molar-refractivity contribution in [1.82, 2.24) is 9.62 Å². The average molecular weight is 499 g/mol. The van der Waals surface area contributed by atoms with E-state index in [1.807, 2.05) is 4.72 Å². The van der Waals surface area contributed by atoms with Crippen LogP contribution in [0.3, 0.4) is 0 Å². The molecule has 2 aliphatic rings. The van der Waals surface area contributed by atoms with Gasteiger partial charge in [-0.25, -0.2) is 30.7 Å². The molecular formula is C24H26F4N2O3S. The van der Waals surface area contributed by atoms with E-state index in [2.05, 4.69) is 0 Å². The third kappa shape index (κ3) is 4.84. The molecule has 2 atom stereocenters. The maximum Gasteiger partial charge on any atom is 0.283 e. The van der Waals surface area contributed by atoms with Crippen LogP contribution in [0.2, 0.25) is 0 Å². The SMILES string of the molecule is CCS(=O)(=O)N[C@@H]1[C@H](Cc2cccc(-c3ccccc3)c2F)N(C(=O)[C@H]2C[C@H](F)C2)CC1(F)F. The van der Waals surface area contributed by atoms with E-state index in [9.17, 15) is 17.6 Å². The van der Waals surface area contributed by atoms with Gasteiger partial charge in [-0.05, 0) is 37.3 Å². The predicted octanol–water partition coefficient (Wildman–Crippen LogP) is 3.94. The molecule has 1 aliphatic heterocycles. The third-order valence-electron chi connectivity index (χ3n) is 6.61. The van der Waals surface area contributed by atoms with Gasteiger partial charge in [0.1, 0.15) is 18.0 Å². The van der Waals surface area contributed by atoms with E-state index in [-0.39, 0.29) is 30.4 Å². The molecule has 0 bridgehead atoms. The molecule has 1 saturated carbocycles. The minimum absolute atomic E-state index is 0.0587. The van der Waals surface area contributed by atoms with Gasteiger partial charge in [0.25, 0.3) is 5.92 Å². The lowest BCUT2D eigenvalue weighted by Crippen LogP contribution is -2.53. The summed E-state index contributed by atoms with van der Waals surface area (Å²) in [7, 11) is -4.05. The summed E-state index contributed by atoms with van der Waals surface area (Å²) in [6.07, 6.45) is -1.60. The Kier molecular flexibility index (Phi) is 6.74. The van der Waals surface area contributed by atoms with Crippen LogP contribution in [0.25, 0.3) is 11.1 Å². The second-order valence-electron chi connectivity index (χ2n) is 8.91. The Bertz CT molecular complexity index is 1150. The number of nitrogens with zero attached hydrogens (tertiary/aromatic N) is 1. The number of alkyl halides is 3. The summed E-state index contributed by atoms with van der Waals surface area (Å²) in [6, 6.07) is 10.0. The number of hydrogen-bond donors (Lipinski definition) is 1. The van der Waals surface area contributed by atoms with Gasteiger partial charge in [-0.2, -0.15) is 0 Å². The molecule has 0 spiro atoms. The standard InChI is InChI=1S/C24H26F4N2O3S/c1-2-34(32,33)29-22-20(30(14-24(22,27)28)23(31)17-11-18(25)12-17)13-16-9-6-10-19(21(16)26)15-7-4-3-5-8-15/h3-10,17-18,20,22,29H,2,11-14H2,1H3/t17-,18-,20-,22+/m0/s1. The average Bonchev–Trinajstić information content (AvgIpc) is 3.02. The highest BCUT2D eigenvalue weighted by atomic mass is 32.2. The molecule has 0 aromatic heterocycles. The lowest BCUT2D eigenvalue weighted by Gasteiger charge is -2.35. The van der Waals surface area contributed by atoms with Crippen LogP contribution in [-0.4, -0.2) is 55.7 Å². The number of carbonyl (C=O) groups is 1. The molecule has 0 radical (unpaired) electrons. The smallest absolute Gasteiger partial charge is 0.283 e. The van der Waals surface area contributed by atoms with Crippen LogP contribution < -0.4 is 4.72 Å². The van der Waals surface area contributed by atoms with Gasteiger partial charge in [-0.1, -0.05) is 48.5 Å². The summed E-state index contributed by atoms with van der Waals surface area (Å²) >= 11 is 0. The van der Waals surface area contributed by atoms with Gasteiger partial charge in [0, 0.05) is 11.5 Å². The predicted molar refractivity (Wildman–Crippen MR) is 120 cm³/mol. The molecule has 2 aromatic rings. The van der Waals surface area contributed by atoms with Crippen molar-refractivity contribution >= 4 is 15.9 Å². The third-order valence-corrected chi connectivity index (χ3v) is 7.99. The number of hydrogen-bond acceptors (Lipinski definition) is 3. The molecule has 0 unspecified atom stereocenters. The Morgan fingerprint density at radius 3 is 2.41 bits per heavy atom. The minimum atomic E-state index is -4.05. The summed E-state index contributed by atoms with van der Waals surface area (Å²) in [6.45, 7) is 0.299. The first-order chi connectivity index (χ1) is 16.0. The molecule has 4 rings (SSSR count). The van der Waals surface area contributed by atoms with Gasteiger partial charge in [0.05, 0.1) is 18.3 Å². The van der Waals surface area contributed by atoms with E-state index in [0.717, 1.165) is 4.90 Å². The fraction of sp³-hybridized carbons (Fsp3) is 0.458. The van der Waals surface area contributed by atoms with Gasteiger partial charge in [-0.15, -0.1) is 0 Å². The Morgan fingerprint density at radius 1 is 1.12 bits per heavy atom. The molecule has 34 heavy (non-hydrogen) atoms. The van der Waals surface area contributed by atoms with Crippen molar-refractivity contribution in [3.63, 3.8) is 0 Å². The highest BCUT2D eigenvalue weighted by molar-refractivity contribution is 7.89. The van der Waals surface area contributed by atoms with Crippen molar-refractivity contribution in [2.75, 3.05) is 12.3 Å². The fourth-order valence-electron chi connectivity index (χ4n) is 4.60. The fourth-order valence-corrected chi connectivity index (χ4v) is 5.49. The number of nitrogens with one attached hydrogen (secondary N) is 1. The molecule has 1 aliphatic carbocycles. The van der Waals surface area contributed by atoms with E-state index in [0.29, 0.717) is 5.56 Å². The first-order valence-corrected chi connectivity index (χ1v) is 12.8.